The first-order valence-electron chi connectivity index (χ1n) is 10.7. The van der Waals surface area contributed by atoms with Gasteiger partial charge in [-0.2, -0.15) is 0 Å². The highest BCUT2D eigenvalue weighted by Crippen LogP contribution is 2.30. The molecule has 160 valence electrons. The number of nitrogens with zero attached hydrogens (tertiary/aromatic N) is 2. The molecule has 0 spiro atoms. The van der Waals surface area contributed by atoms with Gasteiger partial charge in [0.05, 0.1) is 10.7 Å². The quantitative estimate of drug-likeness (QED) is 0.599. The van der Waals surface area contributed by atoms with E-state index in [1.165, 1.54) is 0 Å². The SMILES string of the molecule is CCCC(=O)N1CCN(c2ccc(NC(=O)c3cccc4ccccc34)cc2Cl)CC1. The van der Waals surface area contributed by atoms with Crippen LogP contribution in [0.15, 0.2) is 60.7 Å². The van der Waals surface area contributed by atoms with Gasteiger partial charge in [0.1, 0.15) is 0 Å². The van der Waals surface area contributed by atoms with Crippen LogP contribution in [0.4, 0.5) is 11.4 Å². The molecule has 5 nitrogen and oxygen atoms in total. The summed E-state index contributed by atoms with van der Waals surface area (Å²) in [5, 5.41) is 5.49. The van der Waals surface area contributed by atoms with E-state index in [4.69, 9.17) is 11.6 Å². The van der Waals surface area contributed by atoms with Gasteiger partial charge in [-0.15, -0.1) is 0 Å². The van der Waals surface area contributed by atoms with E-state index >= 15 is 0 Å². The Kier molecular flexibility index (Phi) is 6.42. The van der Waals surface area contributed by atoms with E-state index in [1.54, 1.807) is 6.07 Å². The van der Waals surface area contributed by atoms with Gasteiger partial charge in [0.15, 0.2) is 0 Å². The second-order valence-electron chi connectivity index (χ2n) is 7.76. The molecular formula is C25H26ClN3O2. The molecule has 0 unspecified atom stereocenters. The number of piperazine rings is 1. The molecule has 1 fully saturated rings. The van der Waals surface area contributed by atoms with Gasteiger partial charge >= 0.3 is 0 Å². The molecule has 0 radical (unpaired) electrons. The van der Waals surface area contributed by atoms with E-state index < -0.39 is 0 Å². The number of nitrogens with one attached hydrogen (secondary N) is 1. The second-order valence-corrected chi connectivity index (χ2v) is 8.17. The summed E-state index contributed by atoms with van der Waals surface area (Å²) in [4.78, 5) is 29.1. The summed E-state index contributed by atoms with van der Waals surface area (Å²) in [6.45, 7) is 4.92. The lowest BCUT2D eigenvalue weighted by molar-refractivity contribution is -0.131. The van der Waals surface area contributed by atoms with Gasteiger partial charge in [-0.3, -0.25) is 9.59 Å². The summed E-state index contributed by atoms with van der Waals surface area (Å²) in [6, 6.07) is 19.1. The van der Waals surface area contributed by atoms with Crippen molar-refractivity contribution in [2.75, 3.05) is 36.4 Å². The van der Waals surface area contributed by atoms with Crippen molar-refractivity contribution in [3.05, 3.63) is 71.2 Å². The van der Waals surface area contributed by atoms with Gasteiger partial charge in [0.25, 0.3) is 5.91 Å². The molecule has 6 heteroatoms. The lowest BCUT2D eigenvalue weighted by Crippen LogP contribution is -2.48. The summed E-state index contributed by atoms with van der Waals surface area (Å²) < 4.78 is 0. The molecule has 1 saturated heterocycles. The molecule has 3 aromatic carbocycles. The zero-order valence-corrected chi connectivity index (χ0v) is 18.4. The van der Waals surface area contributed by atoms with Gasteiger partial charge in [0, 0.05) is 43.9 Å². The molecule has 31 heavy (non-hydrogen) atoms. The lowest BCUT2D eigenvalue weighted by atomic mass is 10.0. The minimum absolute atomic E-state index is 0.163. The van der Waals surface area contributed by atoms with E-state index in [0.717, 1.165) is 36.0 Å². The Morgan fingerprint density at radius 2 is 1.71 bits per heavy atom. The minimum Gasteiger partial charge on any atom is -0.367 e. The van der Waals surface area contributed by atoms with Crippen LogP contribution < -0.4 is 10.2 Å². The number of anilines is 2. The number of fused-ring (bicyclic) bond motifs is 1. The Morgan fingerprint density at radius 3 is 2.45 bits per heavy atom. The van der Waals surface area contributed by atoms with Crippen LogP contribution in [0.25, 0.3) is 10.8 Å². The molecule has 0 atom stereocenters. The summed E-state index contributed by atoms with van der Waals surface area (Å²) in [6.07, 6.45) is 1.47. The molecule has 3 aromatic rings. The summed E-state index contributed by atoms with van der Waals surface area (Å²) in [5.74, 6) is 0.0587. The van der Waals surface area contributed by atoms with Crippen molar-refractivity contribution in [3.63, 3.8) is 0 Å². The Hall–Kier alpha value is -3.05. The zero-order chi connectivity index (χ0) is 21.8. The molecule has 0 bridgehead atoms. The fourth-order valence-electron chi connectivity index (χ4n) is 4.03. The van der Waals surface area contributed by atoms with Crippen LogP contribution in [-0.2, 0) is 4.79 Å². The Labute approximate surface area is 187 Å². The van der Waals surface area contributed by atoms with Gasteiger partial charge in [-0.1, -0.05) is 54.9 Å². The fraction of sp³-hybridized carbons (Fsp3) is 0.280. The number of carbonyl (C=O) groups excluding carboxylic acids is 2. The molecular weight excluding hydrogens is 410 g/mol. The van der Waals surface area contributed by atoms with E-state index in [9.17, 15) is 9.59 Å². The van der Waals surface area contributed by atoms with E-state index in [-0.39, 0.29) is 11.8 Å². The number of hydrogen-bond donors (Lipinski definition) is 1. The Balaban J connectivity index is 1.44. The smallest absolute Gasteiger partial charge is 0.256 e. The number of halogens is 1. The minimum atomic E-state index is -0.163. The highest BCUT2D eigenvalue weighted by molar-refractivity contribution is 6.33. The van der Waals surface area contributed by atoms with Gasteiger partial charge in [-0.25, -0.2) is 0 Å². The van der Waals surface area contributed by atoms with Crippen molar-refractivity contribution >= 4 is 45.6 Å². The Morgan fingerprint density at radius 1 is 0.968 bits per heavy atom. The third kappa shape index (κ3) is 4.67. The largest absolute Gasteiger partial charge is 0.367 e. The monoisotopic (exact) mass is 435 g/mol. The highest BCUT2D eigenvalue weighted by Gasteiger charge is 2.22. The number of hydrogen-bond acceptors (Lipinski definition) is 3. The molecule has 4 rings (SSSR count). The first-order chi connectivity index (χ1) is 15.1. The van der Waals surface area contributed by atoms with E-state index in [1.807, 2.05) is 66.4 Å². The summed E-state index contributed by atoms with van der Waals surface area (Å²) >= 11 is 6.56. The molecule has 1 aliphatic heterocycles. The lowest BCUT2D eigenvalue weighted by Gasteiger charge is -2.36. The van der Waals surface area contributed by atoms with Gasteiger partial charge in [0.2, 0.25) is 5.91 Å². The average Bonchev–Trinajstić information content (AvgIpc) is 2.79. The van der Waals surface area contributed by atoms with Crippen molar-refractivity contribution in [2.45, 2.75) is 19.8 Å². The van der Waals surface area contributed by atoms with Crippen molar-refractivity contribution in [1.29, 1.82) is 0 Å². The Bertz CT molecular complexity index is 1100. The molecule has 0 saturated carbocycles. The van der Waals surface area contributed by atoms with Crippen LogP contribution in [0.5, 0.6) is 0 Å². The highest BCUT2D eigenvalue weighted by atomic mass is 35.5. The maximum Gasteiger partial charge on any atom is 0.256 e. The maximum atomic E-state index is 12.9. The van der Waals surface area contributed by atoms with Crippen LogP contribution in [0.2, 0.25) is 5.02 Å². The topological polar surface area (TPSA) is 52.7 Å². The average molecular weight is 436 g/mol. The van der Waals surface area contributed by atoms with E-state index in [2.05, 4.69) is 10.2 Å². The summed E-state index contributed by atoms with van der Waals surface area (Å²) in [5.41, 5.74) is 2.21. The van der Waals surface area contributed by atoms with Crippen molar-refractivity contribution in [2.24, 2.45) is 0 Å². The first kappa shape index (κ1) is 21.2. The molecule has 1 aliphatic rings. The van der Waals surface area contributed by atoms with E-state index in [0.29, 0.717) is 35.8 Å². The van der Waals surface area contributed by atoms with Crippen LogP contribution in [0.1, 0.15) is 30.1 Å². The van der Waals surface area contributed by atoms with Crippen molar-refractivity contribution in [3.8, 4) is 0 Å². The standard InChI is InChI=1S/C25H26ClN3O2/c1-2-6-24(30)29-15-13-28(14-16-29)23-12-11-19(17-22(23)26)27-25(31)21-10-5-8-18-7-3-4-9-20(18)21/h3-5,7-12,17H,2,6,13-16H2,1H3,(H,27,31). The van der Waals surface area contributed by atoms with Gasteiger partial charge < -0.3 is 15.1 Å². The third-order valence-electron chi connectivity index (χ3n) is 5.68. The summed E-state index contributed by atoms with van der Waals surface area (Å²) in [7, 11) is 0. The van der Waals surface area contributed by atoms with Crippen LogP contribution in [-0.4, -0.2) is 42.9 Å². The number of amides is 2. The maximum absolute atomic E-state index is 12.9. The zero-order valence-electron chi connectivity index (χ0n) is 17.6. The van der Waals surface area contributed by atoms with Crippen molar-refractivity contribution < 1.29 is 9.59 Å². The normalized spacial score (nSPS) is 14.0. The van der Waals surface area contributed by atoms with Crippen LogP contribution in [0.3, 0.4) is 0 Å². The third-order valence-corrected chi connectivity index (χ3v) is 5.98. The molecule has 1 N–H and O–H groups in total. The molecule has 0 aliphatic carbocycles. The number of carbonyl (C=O) groups is 2. The van der Waals surface area contributed by atoms with Crippen LogP contribution >= 0.6 is 11.6 Å². The molecule has 2 amide bonds. The number of benzene rings is 3. The molecule has 0 aromatic heterocycles. The predicted molar refractivity (Wildman–Crippen MR) is 127 cm³/mol. The fourth-order valence-corrected chi connectivity index (χ4v) is 4.33. The van der Waals surface area contributed by atoms with Crippen molar-refractivity contribution in [1.82, 2.24) is 4.90 Å². The van der Waals surface area contributed by atoms with Gasteiger partial charge in [-0.05, 0) is 41.5 Å². The second kappa shape index (κ2) is 9.40. The predicted octanol–water partition coefficient (Wildman–Crippen LogP) is 5.19. The van der Waals surface area contributed by atoms with Crippen LogP contribution in [0, 0.1) is 0 Å². The number of rotatable bonds is 5. The first-order valence-corrected chi connectivity index (χ1v) is 11.1. The molecule has 1 heterocycles.